The first-order chi connectivity index (χ1) is 6.90. The van der Waals surface area contributed by atoms with E-state index in [1.807, 2.05) is 0 Å². The van der Waals surface area contributed by atoms with Crippen LogP contribution in [0.2, 0.25) is 0 Å². The molecule has 0 radical (unpaired) electrons. The van der Waals surface area contributed by atoms with Crippen molar-refractivity contribution in [1.82, 2.24) is 0 Å². The second-order valence-electron chi connectivity index (χ2n) is 5.89. The number of aliphatic hydroxyl groups is 1. The summed E-state index contributed by atoms with van der Waals surface area (Å²) in [5, 5.41) is 9.29. The second-order valence-corrected chi connectivity index (χ2v) is 5.89. The van der Waals surface area contributed by atoms with Crippen molar-refractivity contribution in [1.29, 1.82) is 0 Å². The summed E-state index contributed by atoms with van der Waals surface area (Å²) in [4.78, 5) is 0. The van der Waals surface area contributed by atoms with Crippen LogP contribution in [0, 0.1) is 41.4 Å². The smallest absolute Gasteiger partial charge is 0.0462 e. The Labute approximate surface area is 85.2 Å². The fraction of sp³-hybridized carbons (Fsp3) is 0.846. The summed E-state index contributed by atoms with van der Waals surface area (Å²) in [6, 6.07) is 0. The van der Waals surface area contributed by atoms with Crippen molar-refractivity contribution < 1.29 is 5.11 Å². The van der Waals surface area contributed by atoms with Crippen LogP contribution < -0.4 is 0 Å². The van der Waals surface area contributed by atoms with Crippen molar-refractivity contribution >= 4 is 0 Å². The predicted molar refractivity (Wildman–Crippen MR) is 54.5 cm³/mol. The van der Waals surface area contributed by atoms with E-state index in [4.69, 9.17) is 0 Å². The molecule has 76 valence electrons. The van der Waals surface area contributed by atoms with Gasteiger partial charge in [-0.3, -0.25) is 0 Å². The molecule has 1 nitrogen and oxygen atoms in total. The summed E-state index contributed by atoms with van der Waals surface area (Å²) in [7, 11) is 0. The van der Waals surface area contributed by atoms with Gasteiger partial charge in [0.2, 0.25) is 0 Å². The maximum Gasteiger partial charge on any atom is 0.0462 e. The van der Waals surface area contributed by atoms with Gasteiger partial charge in [0, 0.05) is 6.61 Å². The van der Waals surface area contributed by atoms with Crippen LogP contribution in [0.1, 0.15) is 19.3 Å². The quantitative estimate of drug-likeness (QED) is 0.628. The van der Waals surface area contributed by atoms with Crippen molar-refractivity contribution in [2.45, 2.75) is 19.3 Å². The first-order valence-electron chi connectivity index (χ1n) is 6.17. The van der Waals surface area contributed by atoms with Crippen molar-refractivity contribution in [2.75, 3.05) is 6.61 Å². The number of aliphatic hydroxyl groups excluding tert-OH is 1. The molecule has 0 aromatic carbocycles. The fourth-order valence-electron chi connectivity index (χ4n) is 5.30. The molecule has 14 heavy (non-hydrogen) atoms. The Morgan fingerprint density at radius 3 is 2.79 bits per heavy atom. The van der Waals surface area contributed by atoms with Crippen molar-refractivity contribution in [3.8, 4) is 0 Å². The van der Waals surface area contributed by atoms with Gasteiger partial charge in [0.1, 0.15) is 0 Å². The largest absolute Gasteiger partial charge is 0.396 e. The van der Waals surface area contributed by atoms with Crippen LogP contribution in [-0.4, -0.2) is 11.7 Å². The van der Waals surface area contributed by atoms with Gasteiger partial charge in [-0.05, 0) is 60.7 Å². The highest BCUT2D eigenvalue weighted by atomic mass is 16.3. The number of hydrogen-bond acceptors (Lipinski definition) is 1. The second kappa shape index (κ2) is 2.44. The van der Waals surface area contributed by atoms with Crippen molar-refractivity contribution in [3.05, 3.63) is 12.2 Å². The third-order valence-electron chi connectivity index (χ3n) is 5.74. The Kier molecular flexibility index (Phi) is 1.38. The maximum atomic E-state index is 9.29. The average molecular weight is 190 g/mol. The molecule has 3 fully saturated rings. The number of hydrogen-bond donors (Lipinski definition) is 1. The zero-order valence-electron chi connectivity index (χ0n) is 8.47. The Balaban J connectivity index is 1.66. The Morgan fingerprint density at radius 2 is 1.93 bits per heavy atom. The Hall–Kier alpha value is -0.300. The van der Waals surface area contributed by atoms with Crippen LogP contribution in [-0.2, 0) is 0 Å². The Morgan fingerprint density at radius 1 is 1.07 bits per heavy atom. The SMILES string of the molecule is OCC1CC2C3CC(C4CC=CC34)C12. The van der Waals surface area contributed by atoms with Crippen LogP contribution >= 0.6 is 0 Å². The van der Waals surface area contributed by atoms with Gasteiger partial charge in [-0.1, -0.05) is 12.2 Å². The molecule has 7 unspecified atom stereocenters. The summed E-state index contributed by atoms with van der Waals surface area (Å²) < 4.78 is 0. The standard InChI is InChI=1S/C13H18O/c14-6-7-4-11-10-5-12(13(7)11)9-3-1-2-8(9)10/h1-2,7-14H,3-6H2. The van der Waals surface area contributed by atoms with Gasteiger partial charge in [0.05, 0.1) is 0 Å². The van der Waals surface area contributed by atoms with Gasteiger partial charge < -0.3 is 5.11 Å². The molecule has 4 rings (SSSR count). The molecular formula is C13H18O. The molecular weight excluding hydrogens is 172 g/mol. The average Bonchev–Trinajstić information content (AvgIpc) is 2.73. The minimum Gasteiger partial charge on any atom is -0.396 e. The van der Waals surface area contributed by atoms with E-state index in [0.717, 1.165) is 35.5 Å². The highest BCUT2D eigenvalue weighted by Gasteiger charge is 2.63. The summed E-state index contributed by atoms with van der Waals surface area (Å²) in [6.45, 7) is 0.454. The molecule has 4 aliphatic carbocycles. The highest BCUT2D eigenvalue weighted by molar-refractivity contribution is 5.19. The van der Waals surface area contributed by atoms with Gasteiger partial charge in [0.25, 0.3) is 0 Å². The summed E-state index contributed by atoms with van der Waals surface area (Å²) in [6.07, 6.45) is 9.07. The van der Waals surface area contributed by atoms with E-state index < -0.39 is 0 Å². The summed E-state index contributed by atoms with van der Waals surface area (Å²) in [5.41, 5.74) is 0. The first-order valence-corrected chi connectivity index (χ1v) is 6.17. The lowest BCUT2D eigenvalue weighted by molar-refractivity contribution is -0.0453. The molecule has 0 heterocycles. The number of allylic oxidation sites excluding steroid dienone is 2. The van der Waals surface area contributed by atoms with Crippen LogP contribution in [0.15, 0.2) is 12.2 Å². The van der Waals surface area contributed by atoms with Gasteiger partial charge in [-0.15, -0.1) is 0 Å². The van der Waals surface area contributed by atoms with E-state index in [0.29, 0.717) is 12.5 Å². The zero-order chi connectivity index (χ0) is 9.28. The number of fused-ring (bicyclic) bond motifs is 8. The van der Waals surface area contributed by atoms with Crippen LogP contribution in [0.3, 0.4) is 0 Å². The lowest BCUT2D eigenvalue weighted by Crippen LogP contribution is -2.47. The molecule has 1 heteroatoms. The topological polar surface area (TPSA) is 20.2 Å². The first kappa shape index (κ1) is 7.92. The minimum atomic E-state index is 0.454. The molecule has 0 spiro atoms. The summed E-state index contributed by atoms with van der Waals surface area (Å²) in [5.74, 6) is 6.52. The fourth-order valence-corrected chi connectivity index (χ4v) is 5.30. The van der Waals surface area contributed by atoms with E-state index in [9.17, 15) is 5.11 Å². The maximum absolute atomic E-state index is 9.29. The molecule has 7 atom stereocenters. The number of rotatable bonds is 1. The van der Waals surface area contributed by atoms with Gasteiger partial charge in [-0.2, -0.15) is 0 Å². The minimum absolute atomic E-state index is 0.454. The Bertz CT molecular complexity index is 296. The molecule has 3 saturated carbocycles. The van der Waals surface area contributed by atoms with E-state index in [2.05, 4.69) is 12.2 Å². The zero-order valence-corrected chi connectivity index (χ0v) is 8.47. The highest BCUT2D eigenvalue weighted by Crippen LogP contribution is 2.69. The van der Waals surface area contributed by atoms with E-state index in [1.165, 1.54) is 19.3 Å². The lowest BCUT2D eigenvalue weighted by atomic mass is 9.55. The van der Waals surface area contributed by atoms with Crippen molar-refractivity contribution in [2.24, 2.45) is 41.4 Å². The van der Waals surface area contributed by atoms with E-state index in [-0.39, 0.29) is 0 Å². The van der Waals surface area contributed by atoms with Gasteiger partial charge in [0.15, 0.2) is 0 Å². The van der Waals surface area contributed by atoms with Gasteiger partial charge >= 0.3 is 0 Å². The third-order valence-corrected chi connectivity index (χ3v) is 5.74. The normalized spacial score (nSPS) is 62.5. The molecule has 0 saturated heterocycles. The molecule has 0 aliphatic heterocycles. The molecule has 0 aromatic rings. The van der Waals surface area contributed by atoms with Crippen molar-refractivity contribution in [3.63, 3.8) is 0 Å². The lowest BCUT2D eigenvalue weighted by Gasteiger charge is -2.50. The van der Waals surface area contributed by atoms with E-state index >= 15 is 0 Å². The molecule has 0 aromatic heterocycles. The van der Waals surface area contributed by atoms with Crippen LogP contribution in [0.25, 0.3) is 0 Å². The summed E-state index contributed by atoms with van der Waals surface area (Å²) >= 11 is 0. The van der Waals surface area contributed by atoms with E-state index in [1.54, 1.807) is 0 Å². The molecule has 1 N–H and O–H groups in total. The molecule has 4 aliphatic rings. The monoisotopic (exact) mass is 190 g/mol. The molecule has 0 amide bonds. The predicted octanol–water partition coefficient (Wildman–Crippen LogP) is 2.07. The third kappa shape index (κ3) is 0.701. The van der Waals surface area contributed by atoms with Crippen LogP contribution in [0.5, 0.6) is 0 Å². The molecule has 2 bridgehead atoms. The van der Waals surface area contributed by atoms with Gasteiger partial charge in [-0.25, -0.2) is 0 Å². The van der Waals surface area contributed by atoms with Crippen LogP contribution in [0.4, 0.5) is 0 Å².